The zero-order valence-electron chi connectivity index (χ0n) is 13.1. The fourth-order valence-corrected chi connectivity index (χ4v) is 3.67. The molecule has 6 nitrogen and oxygen atoms in total. The highest BCUT2D eigenvalue weighted by molar-refractivity contribution is 14.0. The van der Waals surface area contributed by atoms with Crippen LogP contribution in [-0.2, 0) is 14.6 Å². The van der Waals surface area contributed by atoms with Gasteiger partial charge in [0, 0.05) is 25.7 Å². The molecule has 1 aliphatic rings. The number of hydrogen-bond acceptors (Lipinski definition) is 4. The molecule has 0 amide bonds. The van der Waals surface area contributed by atoms with Crippen LogP contribution in [0.3, 0.4) is 0 Å². The number of nitrogens with one attached hydrogen (secondary N) is 2. The lowest BCUT2D eigenvalue weighted by atomic mass is 10.3. The van der Waals surface area contributed by atoms with Crippen molar-refractivity contribution in [2.24, 2.45) is 4.99 Å². The fraction of sp³-hybridized carbons (Fsp3) is 0.923. The van der Waals surface area contributed by atoms with Crippen molar-refractivity contribution in [3.63, 3.8) is 0 Å². The molecule has 1 aliphatic heterocycles. The zero-order chi connectivity index (χ0) is 15.0. The van der Waals surface area contributed by atoms with Gasteiger partial charge in [0.25, 0.3) is 0 Å². The quantitative estimate of drug-likeness (QED) is 0.273. The van der Waals surface area contributed by atoms with Gasteiger partial charge in [0.2, 0.25) is 0 Å². The van der Waals surface area contributed by atoms with Gasteiger partial charge >= 0.3 is 0 Å². The van der Waals surface area contributed by atoms with E-state index in [1.807, 2.05) is 20.8 Å². The molecule has 0 aromatic rings. The summed E-state index contributed by atoms with van der Waals surface area (Å²) in [7, 11) is -2.86. The summed E-state index contributed by atoms with van der Waals surface area (Å²) in [6, 6.07) is -0.0234. The Bertz CT molecular complexity index is 413. The lowest BCUT2D eigenvalue weighted by Crippen LogP contribution is -2.44. The number of aliphatic imine (C=N–C) groups is 1. The van der Waals surface area contributed by atoms with Crippen LogP contribution in [0.4, 0.5) is 0 Å². The van der Waals surface area contributed by atoms with Crippen LogP contribution in [0.25, 0.3) is 0 Å². The Kier molecular flexibility index (Phi) is 10.6. The first-order valence-electron chi connectivity index (χ1n) is 7.30. The van der Waals surface area contributed by atoms with Gasteiger partial charge in [0.15, 0.2) is 15.8 Å². The normalized spacial score (nSPS) is 21.1. The van der Waals surface area contributed by atoms with Crippen molar-refractivity contribution in [2.45, 2.75) is 45.8 Å². The minimum absolute atomic E-state index is 0. The molecular weight excluding hydrogens is 405 g/mol. The van der Waals surface area contributed by atoms with Crippen molar-refractivity contribution >= 4 is 39.8 Å². The van der Waals surface area contributed by atoms with Crippen LogP contribution in [0, 0.1) is 0 Å². The molecule has 1 saturated heterocycles. The van der Waals surface area contributed by atoms with Crippen molar-refractivity contribution in [1.82, 2.24) is 10.6 Å². The number of rotatable bonds is 7. The predicted octanol–water partition coefficient (Wildman–Crippen LogP) is 1.16. The molecule has 21 heavy (non-hydrogen) atoms. The lowest BCUT2D eigenvalue weighted by molar-refractivity contribution is 0.0782. The SMILES string of the molecule is CCNC(=NCCCOC(C)C)NC1CCS(=O)(=O)C1.I. The first-order valence-corrected chi connectivity index (χ1v) is 9.12. The smallest absolute Gasteiger partial charge is 0.191 e. The number of sulfone groups is 1. The molecule has 0 spiro atoms. The highest BCUT2D eigenvalue weighted by Crippen LogP contribution is 2.10. The Hall–Kier alpha value is -0.0900. The highest BCUT2D eigenvalue weighted by Gasteiger charge is 2.28. The Morgan fingerprint density at radius 1 is 1.43 bits per heavy atom. The van der Waals surface area contributed by atoms with Crippen molar-refractivity contribution in [3.8, 4) is 0 Å². The van der Waals surface area contributed by atoms with Crippen molar-refractivity contribution in [3.05, 3.63) is 0 Å². The van der Waals surface area contributed by atoms with Gasteiger partial charge < -0.3 is 15.4 Å². The summed E-state index contributed by atoms with van der Waals surface area (Å²) in [4.78, 5) is 4.44. The monoisotopic (exact) mass is 433 g/mol. The molecule has 2 N–H and O–H groups in total. The Morgan fingerprint density at radius 3 is 2.67 bits per heavy atom. The molecule has 1 heterocycles. The van der Waals surface area contributed by atoms with E-state index in [1.165, 1.54) is 0 Å². The van der Waals surface area contributed by atoms with Crippen LogP contribution in [0.5, 0.6) is 0 Å². The number of halogens is 1. The summed E-state index contributed by atoms with van der Waals surface area (Å²) in [5.41, 5.74) is 0. The van der Waals surface area contributed by atoms with E-state index < -0.39 is 9.84 Å². The second-order valence-electron chi connectivity index (χ2n) is 5.28. The van der Waals surface area contributed by atoms with Gasteiger partial charge in [-0.05, 0) is 33.6 Å². The molecule has 0 radical (unpaired) electrons. The first-order chi connectivity index (χ1) is 9.43. The second kappa shape index (κ2) is 10.6. The van der Waals surface area contributed by atoms with Gasteiger partial charge in [0.05, 0.1) is 17.6 Å². The molecular formula is C13H28IN3O3S. The van der Waals surface area contributed by atoms with Gasteiger partial charge in [-0.2, -0.15) is 0 Å². The Balaban J connectivity index is 0.00000400. The molecule has 1 fully saturated rings. The van der Waals surface area contributed by atoms with E-state index >= 15 is 0 Å². The van der Waals surface area contributed by atoms with Crippen molar-refractivity contribution < 1.29 is 13.2 Å². The van der Waals surface area contributed by atoms with E-state index in [4.69, 9.17) is 4.74 Å². The topological polar surface area (TPSA) is 79.8 Å². The van der Waals surface area contributed by atoms with Gasteiger partial charge in [-0.3, -0.25) is 4.99 Å². The van der Waals surface area contributed by atoms with E-state index in [9.17, 15) is 8.42 Å². The predicted molar refractivity (Wildman–Crippen MR) is 97.3 cm³/mol. The number of ether oxygens (including phenoxy) is 1. The summed E-state index contributed by atoms with van der Waals surface area (Å²) < 4.78 is 28.3. The van der Waals surface area contributed by atoms with E-state index in [1.54, 1.807) is 0 Å². The number of guanidine groups is 1. The molecule has 1 rings (SSSR count). The van der Waals surface area contributed by atoms with Crippen LogP contribution in [0.15, 0.2) is 4.99 Å². The number of nitrogens with zero attached hydrogens (tertiary/aromatic N) is 1. The first kappa shape index (κ1) is 20.9. The largest absolute Gasteiger partial charge is 0.379 e. The lowest BCUT2D eigenvalue weighted by Gasteiger charge is -2.15. The van der Waals surface area contributed by atoms with Crippen LogP contribution >= 0.6 is 24.0 Å². The summed E-state index contributed by atoms with van der Waals surface area (Å²) in [6.45, 7) is 8.13. The third-order valence-electron chi connectivity index (χ3n) is 2.94. The molecule has 0 aromatic heterocycles. The highest BCUT2D eigenvalue weighted by atomic mass is 127. The molecule has 0 aromatic carbocycles. The minimum atomic E-state index is -2.86. The third kappa shape index (κ3) is 9.51. The van der Waals surface area contributed by atoms with Crippen LogP contribution in [0.1, 0.15) is 33.6 Å². The maximum Gasteiger partial charge on any atom is 0.191 e. The fourth-order valence-electron chi connectivity index (χ4n) is 2.00. The van der Waals surface area contributed by atoms with E-state index in [0.717, 1.165) is 13.0 Å². The maximum atomic E-state index is 11.4. The summed E-state index contributed by atoms with van der Waals surface area (Å²) in [5, 5.41) is 6.33. The van der Waals surface area contributed by atoms with Gasteiger partial charge in [-0.1, -0.05) is 0 Å². The average Bonchev–Trinajstić information content (AvgIpc) is 2.68. The van der Waals surface area contributed by atoms with Gasteiger partial charge in [0.1, 0.15) is 0 Å². The average molecular weight is 433 g/mol. The Morgan fingerprint density at radius 2 is 2.14 bits per heavy atom. The summed E-state index contributed by atoms with van der Waals surface area (Å²) in [6.07, 6.45) is 1.76. The van der Waals surface area contributed by atoms with Gasteiger partial charge in [-0.25, -0.2) is 8.42 Å². The second-order valence-corrected chi connectivity index (χ2v) is 7.51. The summed E-state index contributed by atoms with van der Waals surface area (Å²) >= 11 is 0. The molecule has 0 aliphatic carbocycles. The molecule has 1 unspecified atom stereocenters. The van der Waals surface area contributed by atoms with Crippen LogP contribution in [0.2, 0.25) is 0 Å². The van der Waals surface area contributed by atoms with E-state index in [2.05, 4.69) is 15.6 Å². The maximum absolute atomic E-state index is 11.4. The third-order valence-corrected chi connectivity index (χ3v) is 4.71. The molecule has 0 saturated carbocycles. The molecule has 1 atom stereocenters. The minimum Gasteiger partial charge on any atom is -0.379 e. The van der Waals surface area contributed by atoms with Crippen molar-refractivity contribution in [1.29, 1.82) is 0 Å². The molecule has 126 valence electrons. The van der Waals surface area contributed by atoms with E-state index in [0.29, 0.717) is 25.5 Å². The van der Waals surface area contributed by atoms with Crippen LogP contribution in [-0.4, -0.2) is 57.7 Å². The summed E-state index contributed by atoms with van der Waals surface area (Å²) in [5.74, 6) is 1.17. The van der Waals surface area contributed by atoms with Crippen molar-refractivity contribution in [2.75, 3.05) is 31.2 Å². The van der Waals surface area contributed by atoms with Crippen LogP contribution < -0.4 is 10.6 Å². The standard InChI is InChI=1S/C13H27N3O3S.HI/c1-4-14-13(15-7-5-8-19-11(2)3)16-12-6-9-20(17,18)10-12;/h11-12H,4-10H2,1-3H3,(H2,14,15,16);1H. The molecule has 0 bridgehead atoms. The van der Waals surface area contributed by atoms with E-state index in [-0.39, 0.29) is 47.6 Å². The zero-order valence-corrected chi connectivity index (χ0v) is 16.2. The molecule has 8 heteroatoms. The number of hydrogen-bond donors (Lipinski definition) is 2. The van der Waals surface area contributed by atoms with Gasteiger partial charge in [-0.15, -0.1) is 24.0 Å². The Labute approximate surface area is 145 Å².